The number of rotatable bonds is 6. The first-order valence-electron chi connectivity index (χ1n) is 7.71. The van der Waals surface area contributed by atoms with E-state index >= 15 is 0 Å². The quantitative estimate of drug-likeness (QED) is 0.690. The van der Waals surface area contributed by atoms with Gasteiger partial charge in [0.15, 0.2) is 0 Å². The van der Waals surface area contributed by atoms with Crippen molar-refractivity contribution in [1.29, 1.82) is 0 Å². The summed E-state index contributed by atoms with van der Waals surface area (Å²) in [5.41, 5.74) is 0.832. The van der Waals surface area contributed by atoms with Crippen LogP contribution in [0.1, 0.15) is 24.5 Å². The minimum atomic E-state index is -4.41. The molecule has 1 aliphatic heterocycles. The Bertz CT molecular complexity index is 707. The van der Waals surface area contributed by atoms with Gasteiger partial charge in [-0.2, -0.15) is 13.2 Å². The Morgan fingerprint density at radius 3 is 2.84 bits per heavy atom. The van der Waals surface area contributed by atoms with E-state index in [0.717, 1.165) is 12.1 Å². The average Bonchev–Trinajstić information content (AvgIpc) is 2.58. The molecule has 0 radical (unpaired) electrons. The van der Waals surface area contributed by atoms with Gasteiger partial charge in [0.1, 0.15) is 0 Å². The summed E-state index contributed by atoms with van der Waals surface area (Å²) in [6.07, 6.45) is 2.55. The second kappa shape index (κ2) is 8.02. The van der Waals surface area contributed by atoms with Crippen LogP contribution in [-0.4, -0.2) is 23.7 Å². The molecule has 2 unspecified atom stereocenters. The fourth-order valence-corrected chi connectivity index (χ4v) is 2.41. The average molecular weight is 352 g/mol. The predicted octanol–water partition coefficient (Wildman–Crippen LogP) is 2.98. The molecule has 1 aromatic rings. The van der Waals surface area contributed by atoms with E-state index in [-0.39, 0.29) is 0 Å². The maximum atomic E-state index is 12.9. The minimum absolute atomic E-state index is 0.338. The van der Waals surface area contributed by atoms with Crippen molar-refractivity contribution < 1.29 is 23.1 Å². The number of benzene rings is 1. The fourth-order valence-electron chi connectivity index (χ4n) is 2.41. The Morgan fingerprint density at radius 2 is 2.20 bits per heavy atom. The highest BCUT2D eigenvalue weighted by Gasteiger charge is 2.30. The lowest BCUT2D eigenvalue weighted by Crippen LogP contribution is -2.33. The van der Waals surface area contributed by atoms with Crippen LogP contribution in [-0.2, 0) is 11.0 Å². The van der Waals surface area contributed by atoms with Gasteiger partial charge >= 0.3 is 6.18 Å². The molecule has 0 aromatic heterocycles. The molecule has 2 atom stereocenters. The number of allylic oxidation sites excluding steroid dienone is 2. The number of halogens is 3. The molecule has 0 bridgehead atoms. The third kappa shape index (κ3) is 5.22. The summed E-state index contributed by atoms with van der Waals surface area (Å²) < 4.78 is 38.7. The second-order valence-corrected chi connectivity index (χ2v) is 5.68. The van der Waals surface area contributed by atoms with Crippen molar-refractivity contribution in [2.24, 2.45) is 0 Å². The highest BCUT2D eigenvalue weighted by molar-refractivity contribution is 5.76. The number of hydrogen-bond acceptors (Lipinski definition) is 3. The maximum Gasteiger partial charge on any atom is 0.416 e. The van der Waals surface area contributed by atoms with Gasteiger partial charge in [0.25, 0.3) is 0 Å². The van der Waals surface area contributed by atoms with Crippen molar-refractivity contribution in [3.8, 4) is 0 Å². The topological polar surface area (TPSA) is 61.4 Å². The Morgan fingerprint density at radius 1 is 1.44 bits per heavy atom. The summed E-state index contributed by atoms with van der Waals surface area (Å²) in [7, 11) is 0. The number of carbonyl (C=O) groups excluding carboxylic acids is 1. The molecule has 134 valence electrons. The molecule has 0 aliphatic carbocycles. The molecule has 1 heterocycles. The fraction of sp³-hybridized carbons (Fsp3) is 0.278. The molecule has 1 amide bonds. The smallest absolute Gasteiger partial charge is 0.393 e. The van der Waals surface area contributed by atoms with Gasteiger partial charge in [0.05, 0.1) is 17.7 Å². The van der Waals surface area contributed by atoms with E-state index in [1.54, 1.807) is 37.4 Å². The molecule has 1 aromatic carbocycles. The van der Waals surface area contributed by atoms with Crippen molar-refractivity contribution in [1.82, 2.24) is 10.6 Å². The molecule has 0 spiro atoms. The number of hydrogen-bond donors (Lipinski definition) is 3. The largest absolute Gasteiger partial charge is 0.416 e. The summed E-state index contributed by atoms with van der Waals surface area (Å²) in [6, 6.07) is 4.65. The second-order valence-electron chi connectivity index (χ2n) is 5.68. The number of alkyl halides is 3. The summed E-state index contributed by atoms with van der Waals surface area (Å²) in [5, 5.41) is 15.0. The zero-order valence-electron chi connectivity index (χ0n) is 13.5. The van der Waals surface area contributed by atoms with Gasteiger partial charge in [-0.25, -0.2) is 0 Å². The molecular weight excluding hydrogens is 333 g/mol. The minimum Gasteiger partial charge on any atom is -0.393 e. The summed E-state index contributed by atoms with van der Waals surface area (Å²) in [5.74, 6) is 0. The van der Waals surface area contributed by atoms with Gasteiger partial charge in [0.2, 0.25) is 6.41 Å². The highest BCUT2D eigenvalue weighted by atomic mass is 19.4. The number of aliphatic hydroxyl groups excluding tert-OH is 1. The van der Waals surface area contributed by atoms with Gasteiger partial charge < -0.3 is 15.7 Å². The van der Waals surface area contributed by atoms with Crippen LogP contribution in [0, 0.1) is 0 Å². The van der Waals surface area contributed by atoms with Gasteiger partial charge in [-0.1, -0.05) is 18.2 Å². The maximum absolute atomic E-state index is 12.9. The van der Waals surface area contributed by atoms with Crippen LogP contribution in [0.15, 0.2) is 54.4 Å². The molecular formula is C18H19F3N2O2. The molecule has 4 nitrogen and oxygen atoms in total. The normalized spacial score (nSPS) is 19.0. The van der Waals surface area contributed by atoms with E-state index < -0.39 is 23.9 Å². The molecule has 1 aliphatic rings. The zero-order valence-corrected chi connectivity index (χ0v) is 13.5. The van der Waals surface area contributed by atoms with Crippen molar-refractivity contribution in [2.45, 2.75) is 31.7 Å². The molecule has 0 fully saturated rings. The number of aliphatic hydroxyl groups is 1. The Kier molecular flexibility index (Phi) is 6.03. The molecule has 0 saturated carbocycles. The number of carbonyl (C=O) groups is 1. The van der Waals surface area contributed by atoms with Crippen LogP contribution in [0.2, 0.25) is 0 Å². The van der Waals surface area contributed by atoms with Crippen LogP contribution >= 0.6 is 0 Å². The molecule has 3 N–H and O–H groups in total. The first-order chi connectivity index (χ1) is 11.8. The predicted molar refractivity (Wildman–Crippen MR) is 89.1 cm³/mol. The van der Waals surface area contributed by atoms with Crippen LogP contribution in [0.4, 0.5) is 13.2 Å². The SMILES string of the molecule is CC(O)C/C=C(/NC=O)C1C=C(c2cccc(C(F)(F)F)c2)C=CN1. The Balaban J connectivity index is 2.31. The van der Waals surface area contributed by atoms with E-state index in [1.165, 1.54) is 6.07 Å². The lowest BCUT2D eigenvalue weighted by molar-refractivity contribution is -0.137. The first kappa shape index (κ1) is 18.8. The molecule has 0 saturated heterocycles. The molecule has 25 heavy (non-hydrogen) atoms. The molecule has 2 rings (SSSR count). The molecule has 7 heteroatoms. The third-order valence-electron chi connectivity index (χ3n) is 3.65. The van der Waals surface area contributed by atoms with E-state index in [0.29, 0.717) is 29.7 Å². The third-order valence-corrected chi connectivity index (χ3v) is 3.65. The number of dihydropyridines is 1. The van der Waals surface area contributed by atoms with Crippen LogP contribution in [0.5, 0.6) is 0 Å². The summed E-state index contributed by atoms with van der Waals surface area (Å²) in [4.78, 5) is 10.8. The first-order valence-corrected chi connectivity index (χ1v) is 7.71. The van der Waals surface area contributed by atoms with Crippen molar-refractivity contribution >= 4 is 12.0 Å². The standard InChI is InChI=1S/C18H19F3N2O2/c1-12(25)5-6-16(23-11-24)17-10-14(7-8-22-17)13-3-2-4-15(9-13)18(19,20)21/h2-4,6-12,17,22,25H,5H2,1H3,(H,23,24)/b16-6+. The number of amides is 1. The monoisotopic (exact) mass is 352 g/mol. The van der Waals surface area contributed by atoms with Crippen molar-refractivity contribution in [3.63, 3.8) is 0 Å². The Labute approximate surface area is 143 Å². The van der Waals surface area contributed by atoms with Gasteiger partial charge in [-0.15, -0.1) is 0 Å². The van der Waals surface area contributed by atoms with E-state index in [2.05, 4.69) is 10.6 Å². The van der Waals surface area contributed by atoms with Crippen molar-refractivity contribution in [3.05, 3.63) is 65.5 Å². The van der Waals surface area contributed by atoms with Crippen LogP contribution in [0.25, 0.3) is 5.57 Å². The van der Waals surface area contributed by atoms with Gasteiger partial charge in [-0.3, -0.25) is 4.79 Å². The van der Waals surface area contributed by atoms with Crippen LogP contribution in [0.3, 0.4) is 0 Å². The zero-order chi connectivity index (χ0) is 18.4. The van der Waals surface area contributed by atoms with E-state index in [9.17, 15) is 23.1 Å². The lowest BCUT2D eigenvalue weighted by Gasteiger charge is -2.22. The lowest BCUT2D eigenvalue weighted by atomic mass is 9.97. The highest BCUT2D eigenvalue weighted by Crippen LogP contribution is 2.31. The van der Waals surface area contributed by atoms with Gasteiger partial charge in [0, 0.05) is 5.70 Å². The van der Waals surface area contributed by atoms with Gasteiger partial charge in [-0.05, 0) is 55.0 Å². The van der Waals surface area contributed by atoms with E-state index in [4.69, 9.17) is 0 Å². The van der Waals surface area contributed by atoms with Crippen molar-refractivity contribution in [2.75, 3.05) is 0 Å². The number of nitrogens with one attached hydrogen (secondary N) is 2. The summed E-state index contributed by atoms with van der Waals surface area (Å²) >= 11 is 0. The van der Waals surface area contributed by atoms with E-state index in [1.807, 2.05) is 0 Å². The summed E-state index contributed by atoms with van der Waals surface area (Å²) in [6.45, 7) is 1.62. The Hall–Kier alpha value is -2.54. The van der Waals surface area contributed by atoms with Crippen LogP contribution < -0.4 is 10.6 Å².